The molecule has 6 rings (SSSR count). The molecule has 210 valence electrons. The third-order valence-corrected chi connectivity index (χ3v) is 7.60. The van der Waals surface area contributed by atoms with Crippen LogP contribution >= 0.6 is 0 Å². The van der Waals surface area contributed by atoms with Crippen LogP contribution in [0.5, 0.6) is 0 Å². The first-order valence-corrected chi connectivity index (χ1v) is 13.8. The molecule has 0 radical (unpaired) electrons. The fraction of sp³-hybridized carbons (Fsp3) is 0.235. The van der Waals surface area contributed by atoms with Crippen molar-refractivity contribution >= 4 is 55.6 Å². The predicted octanol–water partition coefficient (Wildman–Crippen LogP) is 6.55. The number of aliphatic imine (C=N–C) groups is 2. The molecule has 2 aromatic carbocycles. The summed E-state index contributed by atoms with van der Waals surface area (Å²) in [7, 11) is 0. The first-order chi connectivity index (χ1) is 20.1. The highest BCUT2D eigenvalue weighted by Gasteiger charge is 2.15. The number of aryl methyl sites for hydroxylation is 4. The van der Waals surface area contributed by atoms with E-state index in [0.717, 1.165) is 45.1 Å². The molecule has 0 bridgehead atoms. The monoisotopic (exact) mass is 558 g/mol. The maximum Gasteiger partial charge on any atom is 0.230 e. The Morgan fingerprint density at radius 3 is 1.43 bits per heavy atom. The lowest BCUT2D eigenvalue weighted by atomic mass is 10.1. The summed E-state index contributed by atoms with van der Waals surface area (Å²) >= 11 is 0. The SMILES string of the molecule is CC(=NCCN=C(C)c1cc2c(=O)c3cc(C)ccc3oc2nc1C)c1cc2c(=O)c3cc(C)ccc3oc2nc1C. The molecule has 0 saturated carbocycles. The number of benzene rings is 2. The van der Waals surface area contributed by atoms with E-state index >= 15 is 0 Å². The molecule has 0 fully saturated rings. The average molecular weight is 559 g/mol. The Balaban J connectivity index is 1.27. The van der Waals surface area contributed by atoms with Crippen LogP contribution in [0.3, 0.4) is 0 Å². The summed E-state index contributed by atoms with van der Waals surface area (Å²) in [4.78, 5) is 45.0. The summed E-state index contributed by atoms with van der Waals surface area (Å²) in [6.07, 6.45) is 0. The van der Waals surface area contributed by atoms with Gasteiger partial charge < -0.3 is 8.83 Å². The van der Waals surface area contributed by atoms with Gasteiger partial charge in [0.1, 0.15) is 11.2 Å². The van der Waals surface area contributed by atoms with Crippen LogP contribution in [-0.4, -0.2) is 34.5 Å². The minimum atomic E-state index is -0.103. The summed E-state index contributed by atoms with van der Waals surface area (Å²) in [5, 5.41) is 1.95. The van der Waals surface area contributed by atoms with Crippen LogP contribution in [0.25, 0.3) is 44.1 Å². The Morgan fingerprint density at radius 2 is 1.02 bits per heavy atom. The topological polar surface area (TPSA) is 111 Å². The lowest BCUT2D eigenvalue weighted by Gasteiger charge is -2.09. The second-order valence-electron chi connectivity index (χ2n) is 10.7. The predicted molar refractivity (Wildman–Crippen MR) is 169 cm³/mol. The van der Waals surface area contributed by atoms with E-state index in [-0.39, 0.29) is 10.9 Å². The summed E-state index contributed by atoms with van der Waals surface area (Å²) in [5.41, 5.74) is 8.06. The van der Waals surface area contributed by atoms with E-state index in [1.807, 2.05) is 77.9 Å². The first-order valence-electron chi connectivity index (χ1n) is 13.8. The third-order valence-electron chi connectivity index (χ3n) is 7.60. The van der Waals surface area contributed by atoms with Gasteiger partial charge in [-0.1, -0.05) is 23.3 Å². The van der Waals surface area contributed by atoms with Gasteiger partial charge in [-0.25, -0.2) is 9.97 Å². The Bertz CT molecular complexity index is 2100. The minimum absolute atomic E-state index is 0.103. The zero-order valence-electron chi connectivity index (χ0n) is 24.5. The zero-order valence-corrected chi connectivity index (χ0v) is 24.5. The summed E-state index contributed by atoms with van der Waals surface area (Å²) in [5.74, 6) is 0. The quantitative estimate of drug-likeness (QED) is 0.135. The normalized spacial score (nSPS) is 12.7. The van der Waals surface area contributed by atoms with Crippen LogP contribution in [0.1, 0.15) is 47.5 Å². The van der Waals surface area contributed by atoms with Crippen molar-refractivity contribution in [1.82, 2.24) is 9.97 Å². The largest absolute Gasteiger partial charge is 0.437 e. The lowest BCUT2D eigenvalue weighted by molar-refractivity contribution is 0.642. The molecular formula is C34H30N4O4. The first kappa shape index (κ1) is 27.2. The molecule has 0 saturated heterocycles. The van der Waals surface area contributed by atoms with Crippen molar-refractivity contribution in [1.29, 1.82) is 0 Å². The fourth-order valence-electron chi connectivity index (χ4n) is 5.30. The molecule has 0 aliphatic rings. The number of nitrogens with zero attached hydrogens (tertiary/aromatic N) is 4. The lowest BCUT2D eigenvalue weighted by Crippen LogP contribution is -2.09. The van der Waals surface area contributed by atoms with E-state index in [4.69, 9.17) is 18.8 Å². The van der Waals surface area contributed by atoms with E-state index < -0.39 is 0 Å². The Kier molecular flexibility index (Phi) is 6.77. The second-order valence-corrected chi connectivity index (χ2v) is 10.7. The average Bonchev–Trinajstić information content (AvgIpc) is 2.95. The second kappa shape index (κ2) is 10.4. The fourth-order valence-corrected chi connectivity index (χ4v) is 5.30. The van der Waals surface area contributed by atoms with Crippen molar-refractivity contribution in [2.24, 2.45) is 9.98 Å². The van der Waals surface area contributed by atoms with Crippen molar-refractivity contribution in [3.8, 4) is 0 Å². The van der Waals surface area contributed by atoms with Crippen molar-refractivity contribution < 1.29 is 8.83 Å². The molecule has 0 aliphatic heterocycles. The number of hydrogen-bond acceptors (Lipinski definition) is 8. The maximum absolute atomic E-state index is 13.2. The molecule has 8 nitrogen and oxygen atoms in total. The van der Waals surface area contributed by atoms with Crippen LogP contribution < -0.4 is 10.9 Å². The molecule has 0 N–H and O–H groups in total. The summed E-state index contributed by atoms with van der Waals surface area (Å²) in [6, 6.07) is 14.7. The highest BCUT2D eigenvalue weighted by Crippen LogP contribution is 2.22. The van der Waals surface area contributed by atoms with Gasteiger partial charge in [0.05, 0.1) is 46.0 Å². The Morgan fingerprint density at radius 1 is 0.619 bits per heavy atom. The van der Waals surface area contributed by atoms with E-state index in [0.29, 0.717) is 57.2 Å². The Hall–Kier alpha value is -4.98. The third kappa shape index (κ3) is 4.79. The Labute approximate surface area is 241 Å². The highest BCUT2D eigenvalue weighted by molar-refractivity contribution is 6.03. The van der Waals surface area contributed by atoms with Crippen molar-refractivity contribution in [2.45, 2.75) is 41.5 Å². The standard InChI is InChI=1S/C34H30N4O4/c1-17-7-9-29-25(13-17)31(39)27-15-23(21(5)37-33(27)41-29)19(3)35-11-12-36-20(4)24-16-28-32(40)26-14-18(2)8-10-30(26)42-34(28)38-22(24)6/h7-10,13-16H,11-12H2,1-6H3. The van der Waals surface area contributed by atoms with Gasteiger partial charge in [0.15, 0.2) is 0 Å². The van der Waals surface area contributed by atoms with Crippen molar-refractivity contribution in [3.05, 3.63) is 103 Å². The molecule has 0 aliphatic carbocycles. The van der Waals surface area contributed by atoms with Gasteiger partial charge in [0.25, 0.3) is 0 Å². The number of pyridine rings is 2. The van der Waals surface area contributed by atoms with Crippen LogP contribution in [0.2, 0.25) is 0 Å². The van der Waals surface area contributed by atoms with Gasteiger partial charge in [-0.3, -0.25) is 19.6 Å². The summed E-state index contributed by atoms with van der Waals surface area (Å²) < 4.78 is 11.9. The van der Waals surface area contributed by atoms with Gasteiger partial charge in [-0.2, -0.15) is 0 Å². The minimum Gasteiger partial charge on any atom is -0.437 e. The summed E-state index contributed by atoms with van der Waals surface area (Å²) in [6.45, 7) is 12.3. The molecule has 0 spiro atoms. The van der Waals surface area contributed by atoms with Crippen LogP contribution in [0, 0.1) is 27.7 Å². The maximum atomic E-state index is 13.2. The van der Waals surface area contributed by atoms with Gasteiger partial charge in [-0.15, -0.1) is 0 Å². The molecule has 8 heteroatoms. The molecular weight excluding hydrogens is 528 g/mol. The number of hydrogen-bond donors (Lipinski definition) is 0. The zero-order chi connectivity index (χ0) is 29.7. The molecule has 0 amide bonds. The molecule has 0 unspecified atom stereocenters. The number of rotatable bonds is 5. The van der Waals surface area contributed by atoms with Crippen LogP contribution in [-0.2, 0) is 0 Å². The van der Waals surface area contributed by atoms with Gasteiger partial charge >= 0.3 is 0 Å². The van der Waals surface area contributed by atoms with Gasteiger partial charge in [0, 0.05) is 22.6 Å². The van der Waals surface area contributed by atoms with E-state index in [2.05, 4.69) is 9.97 Å². The molecule has 6 aromatic rings. The van der Waals surface area contributed by atoms with Gasteiger partial charge in [-0.05, 0) is 77.9 Å². The van der Waals surface area contributed by atoms with E-state index in [1.54, 1.807) is 12.1 Å². The highest BCUT2D eigenvalue weighted by atomic mass is 16.3. The van der Waals surface area contributed by atoms with E-state index in [1.165, 1.54) is 0 Å². The van der Waals surface area contributed by atoms with Crippen molar-refractivity contribution in [2.75, 3.05) is 13.1 Å². The van der Waals surface area contributed by atoms with Crippen molar-refractivity contribution in [3.63, 3.8) is 0 Å². The van der Waals surface area contributed by atoms with Gasteiger partial charge in [0.2, 0.25) is 22.3 Å². The smallest absolute Gasteiger partial charge is 0.230 e. The number of aromatic nitrogens is 2. The molecule has 0 atom stereocenters. The van der Waals surface area contributed by atoms with E-state index in [9.17, 15) is 9.59 Å². The van der Waals surface area contributed by atoms with Crippen LogP contribution in [0.15, 0.2) is 76.9 Å². The molecule has 4 aromatic heterocycles. The van der Waals surface area contributed by atoms with Crippen LogP contribution in [0.4, 0.5) is 0 Å². The number of fused-ring (bicyclic) bond motifs is 4. The molecule has 42 heavy (non-hydrogen) atoms. The molecule has 4 heterocycles.